The summed E-state index contributed by atoms with van der Waals surface area (Å²) in [5.74, 6) is 0.800. The van der Waals surface area contributed by atoms with E-state index in [0.29, 0.717) is 35.8 Å². The number of hydrogen-bond acceptors (Lipinski definition) is 7. The molecule has 0 bridgehead atoms. The van der Waals surface area contributed by atoms with E-state index in [1.807, 2.05) is 11.0 Å². The molecule has 0 amide bonds. The van der Waals surface area contributed by atoms with E-state index in [0.717, 1.165) is 5.00 Å². The Morgan fingerprint density at radius 3 is 2.79 bits per heavy atom. The van der Waals surface area contributed by atoms with Crippen molar-refractivity contribution in [2.45, 2.75) is 6.42 Å². The molecule has 0 aromatic carbocycles. The van der Waals surface area contributed by atoms with E-state index >= 15 is 0 Å². The van der Waals surface area contributed by atoms with Gasteiger partial charge >= 0.3 is 0 Å². The highest BCUT2D eigenvalue weighted by molar-refractivity contribution is 7.91. The topological polar surface area (TPSA) is 96.4 Å². The van der Waals surface area contributed by atoms with E-state index < -0.39 is 9.84 Å². The van der Waals surface area contributed by atoms with E-state index in [1.165, 1.54) is 18.4 Å². The number of nitrogens with two attached hydrogens (primary N) is 1. The van der Waals surface area contributed by atoms with Gasteiger partial charge in [0.25, 0.3) is 0 Å². The number of nitrogen functional groups attached to an aromatic ring is 1. The van der Waals surface area contributed by atoms with Crippen molar-refractivity contribution in [3.8, 4) is 11.8 Å². The highest BCUT2D eigenvalue weighted by Gasteiger charge is 2.25. The molecule has 19 heavy (non-hydrogen) atoms. The quantitative estimate of drug-likeness (QED) is 0.869. The summed E-state index contributed by atoms with van der Waals surface area (Å²) in [6.45, 7) is 1.03. The van der Waals surface area contributed by atoms with Crippen LogP contribution in [0.15, 0.2) is 0 Å². The fraction of sp³-hybridized carbons (Fsp3) is 0.545. The number of methoxy groups -OCH3 is 1. The van der Waals surface area contributed by atoms with Gasteiger partial charge in [-0.2, -0.15) is 5.26 Å². The first-order chi connectivity index (χ1) is 8.98. The lowest BCUT2D eigenvalue weighted by atomic mass is 10.3. The third kappa shape index (κ3) is 2.77. The van der Waals surface area contributed by atoms with Gasteiger partial charge in [0, 0.05) is 13.1 Å². The van der Waals surface area contributed by atoms with Crippen LogP contribution in [0.3, 0.4) is 0 Å². The summed E-state index contributed by atoms with van der Waals surface area (Å²) in [4.78, 5) is 2.34. The summed E-state index contributed by atoms with van der Waals surface area (Å²) in [5.41, 5.74) is 6.17. The van der Waals surface area contributed by atoms with Gasteiger partial charge in [-0.25, -0.2) is 8.42 Å². The summed E-state index contributed by atoms with van der Waals surface area (Å²) < 4.78 is 28.4. The Morgan fingerprint density at radius 2 is 2.16 bits per heavy atom. The molecule has 0 saturated carbocycles. The van der Waals surface area contributed by atoms with Crippen LogP contribution in [0.5, 0.6) is 5.75 Å². The van der Waals surface area contributed by atoms with Gasteiger partial charge < -0.3 is 15.4 Å². The van der Waals surface area contributed by atoms with Gasteiger partial charge in [-0.3, -0.25) is 0 Å². The van der Waals surface area contributed by atoms with E-state index in [-0.39, 0.29) is 11.5 Å². The lowest BCUT2D eigenvalue weighted by Crippen LogP contribution is -2.26. The molecule has 2 N–H and O–H groups in total. The molecule has 2 heterocycles. The lowest BCUT2D eigenvalue weighted by Gasteiger charge is -2.21. The van der Waals surface area contributed by atoms with Gasteiger partial charge in [0.15, 0.2) is 15.6 Å². The number of hydrogen-bond donors (Lipinski definition) is 1. The fourth-order valence-corrected chi connectivity index (χ4v) is 4.36. The predicted molar refractivity (Wildman–Crippen MR) is 75.5 cm³/mol. The molecule has 1 aliphatic rings. The second-order valence-corrected chi connectivity index (χ2v) is 7.59. The molecule has 0 unspecified atom stereocenters. The number of thiophene rings is 1. The van der Waals surface area contributed by atoms with Gasteiger partial charge in [0.05, 0.1) is 18.6 Å². The van der Waals surface area contributed by atoms with Crippen molar-refractivity contribution in [1.29, 1.82) is 5.26 Å². The van der Waals surface area contributed by atoms with Crippen LogP contribution >= 0.6 is 11.3 Å². The summed E-state index contributed by atoms with van der Waals surface area (Å²) in [5, 5.41) is 9.74. The van der Waals surface area contributed by atoms with Crippen molar-refractivity contribution in [3.63, 3.8) is 0 Å². The van der Waals surface area contributed by atoms with Crippen LogP contribution < -0.4 is 15.4 Å². The highest BCUT2D eigenvalue weighted by Crippen LogP contribution is 2.44. The summed E-state index contributed by atoms with van der Waals surface area (Å²) >= 11 is 1.25. The number of rotatable bonds is 2. The van der Waals surface area contributed by atoms with E-state index in [9.17, 15) is 8.42 Å². The Morgan fingerprint density at radius 1 is 1.42 bits per heavy atom. The van der Waals surface area contributed by atoms with Crippen LogP contribution in [0, 0.1) is 11.3 Å². The van der Waals surface area contributed by atoms with Crippen molar-refractivity contribution in [2.75, 3.05) is 42.3 Å². The Balaban J connectivity index is 2.34. The molecule has 2 rings (SSSR count). The van der Waals surface area contributed by atoms with Crippen LogP contribution in [0.4, 0.5) is 10.7 Å². The molecule has 6 nitrogen and oxygen atoms in total. The standard InChI is InChI=1S/C11H15N3O3S2/c1-17-10-9(13)8(7-12)18-11(10)14-3-2-5-19(15,16)6-4-14/h2-6,13H2,1H3. The highest BCUT2D eigenvalue weighted by atomic mass is 32.2. The SMILES string of the molecule is COc1c(N2CCCS(=O)(=O)CC2)sc(C#N)c1N. The molecule has 0 radical (unpaired) electrons. The van der Waals surface area contributed by atoms with Crippen molar-refractivity contribution < 1.29 is 13.2 Å². The zero-order valence-corrected chi connectivity index (χ0v) is 12.2. The first-order valence-electron chi connectivity index (χ1n) is 5.80. The zero-order chi connectivity index (χ0) is 14.0. The van der Waals surface area contributed by atoms with Crippen molar-refractivity contribution in [2.24, 2.45) is 0 Å². The van der Waals surface area contributed by atoms with Crippen LogP contribution in [0.25, 0.3) is 0 Å². The number of nitriles is 1. The summed E-state index contributed by atoms with van der Waals surface area (Å²) in [7, 11) is -1.47. The van der Waals surface area contributed by atoms with E-state index in [1.54, 1.807) is 0 Å². The third-order valence-electron chi connectivity index (χ3n) is 3.03. The van der Waals surface area contributed by atoms with Gasteiger partial charge in [-0.05, 0) is 6.42 Å². The second-order valence-electron chi connectivity index (χ2n) is 4.29. The van der Waals surface area contributed by atoms with Gasteiger partial charge in [0.2, 0.25) is 0 Å². The zero-order valence-electron chi connectivity index (χ0n) is 10.5. The number of anilines is 2. The Kier molecular flexibility index (Phi) is 3.87. The number of nitrogens with zero attached hydrogens (tertiary/aromatic N) is 2. The molecule has 1 fully saturated rings. The largest absolute Gasteiger partial charge is 0.492 e. The van der Waals surface area contributed by atoms with Crippen LogP contribution in [-0.4, -0.2) is 40.1 Å². The third-order valence-corrected chi connectivity index (χ3v) is 5.90. The first-order valence-corrected chi connectivity index (χ1v) is 8.44. The maximum Gasteiger partial charge on any atom is 0.177 e. The number of ether oxygens (including phenoxy) is 1. The molecule has 104 valence electrons. The predicted octanol–water partition coefficient (Wildman–Crippen LogP) is 0.835. The minimum atomic E-state index is -2.96. The molecule has 1 aromatic rings. The second kappa shape index (κ2) is 5.27. The van der Waals surface area contributed by atoms with Gasteiger partial charge in [-0.1, -0.05) is 0 Å². The molecular formula is C11H15N3O3S2. The molecular weight excluding hydrogens is 286 g/mol. The van der Waals surface area contributed by atoms with Gasteiger partial charge in [-0.15, -0.1) is 11.3 Å². The molecule has 1 aliphatic heterocycles. The smallest absolute Gasteiger partial charge is 0.177 e. The van der Waals surface area contributed by atoms with Crippen LogP contribution in [0.2, 0.25) is 0 Å². The minimum Gasteiger partial charge on any atom is -0.492 e. The average molecular weight is 301 g/mol. The Hall–Kier alpha value is -1.46. The molecule has 0 spiro atoms. The molecule has 8 heteroatoms. The van der Waals surface area contributed by atoms with E-state index in [2.05, 4.69) is 0 Å². The van der Waals surface area contributed by atoms with Crippen molar-refractivity contribution >= 4 is 31.9 Å². The van der Waals surface area contributed by atoms with E-state index in [4.69, 9.17) is 15.7 Å². The van der Waals surface area contributed by atoms with Gasteiger partial charge in [0.1, 0.15) is 21.6 Å². The summed E-state index contributed by atoms with van der Waals surface area (Å²) in [6.07, 6.45) is 0.575. The maximum absolute atomic E-state index is 11.6. The molecule has 1 saturated heterocycles. The Bertz CT molecular complexity index is 616. The van der Waals surface area contributed by atoms with Crippen LogP contribution in [0.1, 0.15) is 11.3 Å². The maximum atomic E-state index is 11.6. The minimum absolute atomic E-state index is 0.121. The Labute approximate surface area is 116 Å². The van der Waals surface area contributed by atoms with Crippen LogP contribution in [-0.2, 0) is 9.84 Å². The van der Waals surface area contributed by atoms with Crippen molar-refractivity contribution in [3.05, 3.63) is 4.88 Å². The fourth-order valence-electron chi connectivity index (χ4n) is 2.05. The average Bonchev–Trinajstić information content (AvgIpc) is 2.57. The summed E-state index contributed by atoms with van der Waals surface area (Å²) in [6, 6.07) is 2.03. The van der Waals surface area contributed by atoms with Crippen molar-refractivity contribution in [1.82, 2.24) is 0 Å². The molecule has 0 atom stereocenters. The normalized spacial score (nSPS) is 18.6. The monoisotopic (exact) mass is 301 g/mol. The molecule has 1 aromatic heterocycles. The molecule has 0 aliphatic carbocycles. The number of sulfone groups is 1. The lowest BCUT2D eigenvalue weighted by molar-refractivity contribution is 0.418. The first kappa shape index (κ1) is 14.0.